The van der Waals surface area contributed by atoms with Gasteiger partial charge in [0.05, 0.1) is 24.5 Å². The van der Waals surface area contributed by atoms with Crippen molar-refractivity contribution in [3.8, 4) is 6.07 Å². The number of rotatable bonds is 2. The molecule has 2 atom stereocenters. The van der Waals surface area contributed by atoms with Crippen molar-refractivity contribution < 1.29 is 9.13 Å². The molecular formula is C12H13FN2O. The molecule has 1 heterocycles. The Morgan fingerprint density at radius 2 is 2.31 bits per heavy atom. The molecule has 0 amide bonds. The molecule has 1 aromatic carbocycles. The number of anilines is 1. The number of para-hydroxylation sites is 1. The molecule has 0 spiro atoms. The van der Waals surface area contributed by atoms with E-state index in [9.17, 15) is 9.65 Å². The first-order valence-electron chi connectivity index (χ1n) is 5.23. The summed E-state index contributed by atoms with van der Waals surface area (Å²) in [6.45, 7) is 2.35. The Bertz CT molecular complexity index is 429. The molecule has 0 aliphatic carbocycles. The van der Waals surface area contributed by atoms with Gasteiger partial charge < -0.3 is 10.1 Å². The SMILES string of the molecule is CC1OCCC1(C#N)Nc1ccccc1F. The Morgan fingerprint density at radius 3 is 2.88 bits per heavy atom. The van der Waals surface area contributed by atoms with Gasteiger partial charge in [0.1, 0.15) is 5.82 Å². The molecule has 1 aliphatic heterocycles. The summed E-state index contributed by atoms with van der Waals surface area (Å²) in [5.41, 5.74) is -0.469. The highest BCUT2D eigenvalue weighted by Gasteiger charge is 2.42. The molecular weight excluding hydrogens is 207 g/mol. The number of nitrogens with zero attached hydrogens (tertiary/aromatic N) is 1. The maximum Gasteiger partial charge on any atom is 0.153 e. The highest BCUT2D eigenvalue weighted by molar-refractivity contribution is 5.49. The van der Waals surface area contributed by atoms with Gasteiger partial charge in [0.25, 0.3) is 0 Å². The summed E-state index contributed by atoms with van der Waals surface area (Å²) in [7, 11) is 0. The molecule has 2 unspecified atom stereocenters. The van der Waals surface area contributed by atoms with Crippen LogP contribution in [0.15, 0.2) is 24.3 Å². The quantitative estimate of drug-likeness (QED) is 0.831. The number of hydrogen-bond acceptors (Lipinski definition) is 3. The smallest absolute Gasteiger partial charge is 0.153 e. The van der Waals surface area contributed by atoms with Crippen LogP contribution in [0, 0.1) is 17.1 Å². The summed E-state index contributed by atoms with van der Waals surface area (Å²) in [4.78, 5) is 0. The first-order valence-corrected chi connectivity index (χ1v) is 5.23. The van der Waals surface area contributed by atoms with Crippen LogP contribution in [-0.4, -0.2) is 18.2 Å². The zero-order valence-corrected chi connectivity index (χ0v) is 9.03. The number of hydrogen-bond donors (Lipinski definition) is 1. The van der Waals surface area contributed by atoms with E-state index >= 15 is 0 Å². The maximum absolute atomic E-state index is 13.5. The Kier molecular flexibility index (Phi) is 2.80. The zero-order chi connectivity index (χ0) is 11.6. The average Bonchev–Trinajstić information content (AvgIpc) is 2.64. The number of nitrogens with one attached hydrogen (secondary N) is 1. The monoisotopic (exact) mass is 220 g/mol. The van der Waals surface area contributed by atoms with Crippen molar-refractivity contribution in [2.75, 3.05) is 11.9 Å². The molecule has 16 heavy (non-hydrogen) atoms. The fourth-order valence-corrected chi connectivity index (χ4v) is 1.88. The Morgan fingerprint density at radius 1 is 1.56 bits per heavy atom. The van der Waals surface area contributed by atoms with E-state index in [0.717, 1.165) is 0 Å². The molecule has 1 fully saturated rings. The largest absolute Gasteiger partial charge is 0.375 e. The third-order valence-electron chi connectivity index (χ3n) is 2.99. The predicted molar refractivity (Wildman–Crippen MR) is 58.4 cm³/mol. The van der Waals surface area contributed by atoms with E-state index in [1.54, 1.807) is 18.2 Å². The first kappa shape index (κ1) is 10.9. The first-order chi connectivity index (χ1) is 7.68. The van der Waals surface area contributed by atoms with Crippen molar-refractivity contribution in [3.05, 3.63) is 30.1 Å². The number of halogens is 1. The van der Waals surface area contributed by atoms with Crippen molar-refractivity contribution in [1.29, 1.82) is 5.26 Å². The van der Waals surface area contributed by atoms with Crippen molar-refractivity contribution >= 4 is 5.69 Å². The van der Waals surface area contributed by atoms with E-state index < -0.39 is 5.54 Å². The second kappa shape index (κ2) is 4.11. The number of benzene rings is 1. The number of nitriles is 1. The van der Waals surface area contributed by atoms with Crippen molar-refractivity contribution in [2.24, 2.45) is 0 Å². The summed E-state index contributed by atoms with van der Waals surface area (Å²) < 4.78 is 18.8. The molecule has 3 nitrogen and oxygen atoms in total. The van der Waals surface area contributed by atoms with Gasteiger partial charge in [0.2, 0.25) is 0 Å². The molecule has 0 radical (unpaired) electrons. The van der Waals surface area contributed by atoms with Crippen LogP contribution in [0.25, 0.3) is 0 Å². The normalized spacial score (nSPS) is 28.7. The Hall–Kier alpha value is -1.60. The molecule has 0 bridgehead atoms. The lowest BCUT2D eigenvalue weighted by atomic mass is 9.93. The predicted octanol–water partition coefficient (Wildman–Crippen LogP) is 2.31. The highest BCUT2D eigenvalue weighted by atomic mass is 19.1. The molecule has 2 rings (SSSR count). The van der Waals surface area contributed by atoms with Crippen LogP contribution in [0.3, 0.4) is 0 Å². The zero-order valence-electron chi connectivity index (χ0n) is 9.03. The molecule has 1 aromatic rings. The number of ether oxygens (including phenoxy) is 1. The lowest BCUT2D eigenvalue weighted by molar-refractivity contribution is 0.112. The topological polar surface area (TPSA) is 45.0 Å². The van der Waals surface area contributed by atoms with Gasteiger partial charge in [-0.15, -0.1) is 0 Å². The molecule has 1 saturated heterocycles. The average molecular weight is 220 g/mol. The van der Waals surface area contributed by atoms with Gasteiger partial charge in [0.15, 0.2) is 5.54 Å². The fraction of sp³-hybridized carbons (Fsp3) is 0.417. The van der Waals surface area contributed by atoms with Gasteiger partial charge >= 0.3 is 0 Å². The third kappa shape index (κ3) is 1.74. The molecule has 0 aromatic heterocycles. The molecule has 1 N–H and O–H groups in total. The minimum absolute atomic E-state index is 0.239. The summed E-state index contributed by atoms with van der Waals surface area (Å²) in [5, 5.41) is 12.2. The second-order valence-electron chi connectivity index (χ2n) is 3.95. The van der Waals surface area contributed by atoms with Crippen molar-refractivity contribution in [3.63, 3.8) is 0 Å². The van der Waals surface area contributed by atoms with Gasteiger partial charge in [0, 0.05) is 6.42 Å². The van der Waals surface area contributed by atoms with E-state index in [4.69, 9.17) is 4.74 Å². The minimum Gasteiger partial charge on any atom is -0.375 e. The molecule has 84 valence electrons. The molecule has 0 saturated carbocycles. The van der Waals surface area contributed by atoms with Crippen molar-refractivity contribution in [2.45, 2.75) is 25.0 Å². The lowest BCUT2D eigenvalue weighted by Crippen LogP contribution is -2.43. The van der Waals surface area contributed by atoms with Gasteiger partial charge in [-0.25, -0.2) is 4.39 Å². The summed E-state index contributed by atoms with van der Waals surface area (Å²) >= 11 is 0. The van der Waals surface area contributed by atoms with E-state index in [-0.39, 0.29) is 11.9 Å². The van der Waals surface area contributed by atoms with E-state index in [1.165, 1.54) is 6.07 Å². The van der Waals surface area contributed by atoms with Gasteiger partial charge in [-0.1, -0.05) is 12.1 Å². The third-order valence-corrected chi connectivity index (χ3v) is 2.99. The highest BCUT2D eigenvalue weighted by Crippen LogP contribution is 2.30. The standard InChI is InChI=1S/C12H13FN2O/c1-9-12(8-14,6-7-16-9)15-11-5-3-2-4-10(11)13/h2-5,9,15H,6-7H2,1H3. The van der Waals surface area contributed by atoms with Crippen LogP contribution in [0.5, 0.6) is 0 Å². The lowest BCUT2D eigenvalue weighted by Gasteiger charge is -2.27. The summed E-state index contributed by atoms with van der Waals surface area (Å²) in [6, 6.07) is 8.55. The van der Waals surface area contributed by atoms with E-state index in [0.29, 0.717) is 18.7 Å². The van der Waals surface area contributed by atoms with E-state index in [1.807, 2.05) is 6.92 Å². The fourth-order valence-electron chi connectivity index (χ4n) is 1.88. The Labute approximate surface area is 93.8 Å². The second-order valence-corrected chi connectivity index (χ2v) is 3.95. The van der Waals surface area contributed by atoms with Crippen LogP contribution in [-0.2, 0) is 4.74 Å². The van der Waals surface area contributed by atoms with Gasteiger partial charge in [-0.05, 0) is 19.1 Å². The molecule has 4 heteroatoms. The van der Waals surface area contributed by atoms with Crippen LogP contribution >= 0.6 is 0 Å². The van der Waals surface area contributed by atoms with Crippen LogP contribution in [0.4, 0.5) is 10.1 Å². The summed E-state index contributed by atoms with van der Waals surface area (Å²) in [5.74, 6) is -0.351. The van der Waals surface area contributed by atoms with Crippen LogP contribution in [0.2, 0.25) is 0 Å². The summed E-state index contributed by atoms with van der Waals surface area (Å²) in [6.07, 6.45) is 0.330. The van der Waals surface area contributed by atoms with Crippen LogP contribution in [0.1, 0.15) is 13.3 Å². The molecule has 1 aliphatic rings. The van der Waals surface area contributed by atoms with Gasteiger partial charge in [-0.3, -0.25) is 0 Å². The van der Waals surface area contributed by atoms with Crippen LogP contribution < -0.4 is 5.32 Å². The van der Waals surface area contributed by atoms with Crippen molar-refractivity contribution in [1.82, 2.24) is 0 Å². The Balaban J connectivity index is 2.27. The maximum atomic E-state index is 13.5. The minimum atomic E-state index is -0.817. The van der Waals surface area contributed by atoms with E-state index in [2.05, 4.69) is 11.4 Å². The van der Waals surface area contributed by atoms with Gasteiger partial charge in [-0.2, -0.15) is 5.26 Å².